The van der Waals surface area contributed by atoms with Crippen LogP contribution >= 0.6 is 0 Å². The third-order valence-electron chi connectivity index (χ3n) is 3.08. The quantitative estimate of drug-likeness (QED) is 0.776. The third kappa shape index (κ3) is 2.76. The number of aliphatic hydroxyl groups is 1. The van der Waals surface area contributed by atoms with Crippen molar-refractivity contribution in [2.24, 2.45) is 0 Å². The van der Waals surface area contributed by atoms with E-state index in [9.17, 15) is 9.90 Å². The molecule has 19 heavy (non-hydrogen) atoms. The van der Waals surface area contributed by atoms with Gasteiger partial charge in [0.2, 0.25) is 0 Å². The zero-order chi connectivity index (χ0) is 13.8. The first kappa shape index (κ1) is 14.0. The second kappa shape index (κ2) is 6.12. The van der Waals surface area contributed by atoms with Crippen molar-refractivity contribution in [3.63, 3.8) is 0 Å². The summed E-state index contributed by atoms with van der Waals surface area (Å²) < 4.78 is 11.8. The topological polar surface area (TPSA) is 86.5 Å². The zero-order valence-electron chi connectivity index (χ0n) is 11.2. The maximum absolute atomic E-state index is 11.8. The number of hydrogen-bond acceptors (Lipinski definition) is 6. The van der Waals surface area contributed by atoms with Gasteiger partial charge in [0.1, 0.15) is 12.1 Å². The molecule has 0 radical (unpaired) electrons. The van der Waals surface area contributed by atoms with E-state index in [1.165, 1.54) is 0 Å². The lowest BCUT2D eigenvalue weighted by molar-refractivity contribution is 0.0517. The number of hydrogen-bond donors (Lipinski definition) is 1. The normalized spacial score (nSPS) is 22.7. The number of ether oxygens (including phenoxy) is 2. The van der Waals surface area contributed by atoms with Crippen LogP contribution in [-0.2, 0) is 15.9 Å². The van der Waals surface area contributed by atoms with E-state index >= 15 is 0 Å². The van der Waals surface area contributed by atoms with Crippen molar-refractivity contribution in [3.05, 3.63) is 11.4 Å². The van der Waals surface area contributed by atoms with Crippen molar-refractivity contribution in [3.8, 4) is 0 Å². The zero-order valence-corrected chi connectivity index (χ0v) is 11.2. The second-order valence-corrected chi connectivity index (χ2v) is 4.47. The molecule has 0 aliphatic carbocycles. The van der Waals surface area contributed by atoms with Gasteiger partial charge in [0, 0.05) is 0 Å². The van der Waals surface area contributed by atoms with Crippen LogP contribution in [0.2, 0.25) is 0 Å². The minimum absolute atomic E-state index is 0.239. The van der Waals surface area contributed by atoms with E-state index in [1.807, 2.05) is 6.92 Å². The molecule has 106 valence electrons. The molecule has 1 aliphatic heterocycles. The SMILES string of the molecule is CCCc1c(C(=O)OCC)nnn1C1COCC1O. The van der Waals surface area contributed by atoms with Gasteiger partial charge in [0.15, 0.2) is 5.69 Å². The number of esters is 1. The van der Waals surface area contributed by atoms with Crippen LogP contribution < -0.4 is 0 Å². The lowest BCUT2D eigenvalue weighted by atomic mass is 10.1. The fourth-order valence-corrected chi connectivity index (χ4v) is 2.17. The van der Waals surface area contributed by atoms with Crippen LogP contribution in [0.25, 0.3) is 0 Å². The van der Waals surface area contributed by atoms with Gasteiger partial charge in [-0.1, -0.05) is 18.6 Å². The van der Waals surface area contributed by atoms with Crippen LogP contribution in [0, 0.1) is 0 Å². The van der Waals surface area contributed by atoms with Gasteiger partial charge < -0.3 is 14.6 Å². The van der Waals surface area contributed by atoms with Crippen molar-refractivity contribution in [1.29, 1.82) is 0 Å². The monoisotopic (exact) mass is 269 g/mol. The number of carbonyl (C=O) groups excluding carboxylic acids is 1. The minimum atomic E-state index is -0.618. The molecule has 0 bridgehead atoms. The molecular weight excluding hydrogens is 250 g/mol. The smallest absolute Gasteiger partial charge is 0.360 e. The van der Waals surface area contributed by atoms with Crippen molar-refractivity contribution in [2.45, 2.75) is 38.8 Å². The summed E-state index contributed by atoms with van der Waals surface area (Å²) in [6, 6.07) is -0.280. The van der Waals surface area contributed by atoms with E-state index < -0.39 is 12.1 Å². The van der Waals surface area contributed by atoms with Gasteiger partial charge in [0.25, 0.3) is 0 Å². The first-order chi connectivity index (χ1) is 9.19. The summed E-state index contributed by atoms with van der Waals surface area (Å²) in [6.45, 7) is 4.71. The molecule has 2 heterocycles. The average molecular weight is 269 g/mol. The van der Waals surface area contributed by atoms with Gasteiger partial charge in [0.05, 0.1) is 25.5 Å². The van der Waals surface area contributed by atoms with E-state index in [4.69, 9.17) is 9.47 Å². The molecule has 0 aromatic carbocycles. The largest absolute Gasteiger partial charge is 0.461 e. The first-order valence-corrected chi connectivity index (χ1v) is 6.56. The van der Waals surface area contributed by atoms with E-state index in [-0.39, 0.29) is 18.3 Å². The second-order valence-electron chi connectivity index (χ2n) is 4.47. The van der Waals surface area contributed by atoms with E-state index in [0.29, 0.717) is 25.3 Å². The van der Waals surface area contributed by atoms with Crippen LogP contribution in [0.15, 0.2) is 0 Å². The van der Waals surface area contributed by atoms with Crippen molar-refractivity contribution in [1.82, 2.24) is 15.0 Å². The molecule has 0 spiro atoms. The summed E-state index contributed by atoms with van der Waals surface area (Å²) in [5, 5.41) is 17.8. The van der Waals surface area contributed by atoms with Crippen LogP contribution in [-0.4, -0.2) is 52.0 Å². The summed E-state index contributed by atoms with van der Waals surface area (Å²) in [7, 11) is 0. The molecule has 2 atom stereocenters. The Bertz CT molecular complexity index is 446. The van der Waals surface area contributed by atoms with Crippen LogP contribution in [0.1, 0.15) is 42.5 Å². The number of carbonyl (C=O) groups is 1. The van der Waals surface area contributed by atoms with E-state index in [1.54, 1.807) is 11.6 Å². The fourth-order valence-electron chi connectivity index (χ4n) is 2.17. The van der Waals surface area contributed by atoms with Crippen LogP contribution in [0.3, 0.4) is 0 Å². The lowest BCUT2D eigenvalue weighted by Gasteiger charge is -2.15. The molecule has 1 saturated heterocycles. The average Bonchev–Trinajstić information content (AvgIpc) is 2.96. The summed E-state index contributed by atoms with van der Waals surface area (Å²) >= 11 is 0. The molecule has 1 aromatic rings. The van der Waals surface area contributed by atoms with Gasteiger partial charge in [-0.2, -0.15) is 0 Å². The third-order valence-corrected chi connectivity index (χ3v) is 3.08. The number of aromatic nitrogens is 3. The summed E-state index contributed by atoms with van der Waals surface area (Å²) in [5.74, 6) is -0.467. The van der Waals surface area contributed by atoms with Crippen LogP contribution in [0.4, 0.5) is 0 Å². The summed E-state index contributed by atoms with van der Waals surface area (Å²) in [4.78, 5) is 11.8. The van der Waals surface area contributed by atoms with Gasteiger partial charge in [-0.05, 0) is 13.3 Å². The highest BCUT2D eigenvalue weighted by atomic mass is 16.5. The van der Waals surface area contributed by atoms with E-state index in [0.717, 1.165) is 6.42 Å². The molecule has 1 aromatic heterocycles. The maximum Gasteiger partial charge on any atom is 0.360 e. The molecule has 0 saturated carbocycles. The Labute approximate surface area is 111 Å². The Hall–Kier alpha value is -1.47. The molecule has 7 heteroatoms. The van der Waals surface area contributed by atoms with Crippen molar-refractivity contribution >= 4 is 5.97 Å². The molecule has 2 rings (SSSR count). The Morgan fingerprint density at radius 1 is 1.53 bits per heavy atom. The highest BCUT2D eigenvalue weighted by Gasteiger charge is 2.32. The number of nitrogens with zero attached hydrogens (tertiary/aromatic N) is 3. The van der Waals surface area contributed by atoms with Gasteiger partial charge in [-0.25, -0.2) is 9.48 Å². The van der Waals surface area contributed by atoms with Gasteiger partial charge in [-0.15, -0.1) is 5.10 Å². The number of rotatable bonds is 5. The minimum Gasteiger partial charge on any atom is -0.461 e. The first-order valence-electron chi connectivity index (χ1n) is 6.56. The van der Waals surface area contributed by atoms with Crippen molar-refractivity contribution in [2.75, 3.05) is 19.8 Å². The Morgan fingerprint density at radius 2 is 2.32 bits per heavy atom. The highest BCUT2D eigenvalue weighted by molar-refractivity contribution is 5.88. The predicted molar refractivity (Wildman–Crippen MR) is 65.8 cm³/mol. The van der Waals surface area contributed by atoms with Crippen LogP contribution in [0.5, 0.6) is 0 Å². The molecule has 1 N–H and O–H groups in total. The Kier molecular flexibility index (Phi) is 4.49. The lowest BCUT2D eigenvalue weighted by Crippen LogP contribution is -2.25. The molecule has 7 nitrogen and oxygen atoms in total. The van der Waals surface area contributed by atoms with Crippen molar-refractivity contribution < 1.29 is 19.4 Å². The molecule has 0 amide bonds. The highest BCUT2D eigenvalue weighted by Crippen LogP contribution is 2.22. The summed E-state index contributed by atoms with van der Waals surface area (Å²) in [5.41, 5.74) is 0.943. The maximum atomic E-state index is 11.8. The summed E-state index contributed by atoms with van der Waals surface area (Å²) in [6.07, 6.45) is 0.890. The predicted octanol–water partition coefficient (Wildman–Crippen LogP) is 0.339. The van der Waals surface area contributed by atoms with E-state index in [2.05, 4.69) is 10.3 Å². The standard InChI is InChI=1S/C12H19N3O4/c1-3-5-8-11(12(17)19-4-2)13-14-15(8)9-6-18-7-10(9)16/h9-10,16H,3-7H2,1-2H3. The Balaban J connectivity index is 2.31. The molecule has 1 aliphatic rings. The van der Waals surface area contributed by atoms with Gasteiger partial charge >= 0.3 is 5.97 Å². The molecule has 2 unspecified atom stereocenters. The fraction of sp³-hybridized carbons (Fsp3) is 0.750. The Morgan fingerprint density at radius 3 is 2.89 bits per heavy atom. The van der Waals surface area contributed by atoms with Gasteiger partial charge in [-0.3, -0.25) is 0 Å². The molecule has 1 fully saturated rings. The number of aliphatic hydroxyl groups excluding tert-OH is 1. The molecular formula is C12H19N3O4.